The van der Waals surface area contributed by atoms with Crippen LogP contribution >= 0.6 is 0 Å². The Morgan fingerprint density at radius 2 is 1.93 bits per heavy atom. The Morgan fingerprint density at radius 3 is 2.43 bits per heavy atom. The van der Waals surface area contributed by atoms with Crippen LogP contribution in [-0.2, 0) is 4.79 Å². The summed E-state index contributed by atoms with van der Waals surface area (Å²) in [6.07, 6.45) is 1.12. The molecule has 0 aromatic carbocycles. The van der Waals surface area contributed by atoms with Gasteiger partial charge in [-0.2, -0.15) is 0 Å². The lowest BCUT2D eigenvalue weighted by Gasteiger charge is -2.20. The maximum absolute atomic E-state index is 10.4. The zero-order chi connectivity index (χ0) is 10.6. The zero-order valence-corrected chi connectivity index (χ0v) is 8.07. The van der Waals surface area contributed by atoms with Gasteiger partial charge < -0.3 is 16.6 Å². The highest BCUT2D eigenvalue weighted by molar-refractivity contribution is 5.72. The van der Waals surface area contributed by atoms with Gasteiger partial charge in [-0.3, -0.25) is 15.4 Å². The average molecular weight is 202 g/mol. The molecule has 1 aliphatic rings. The van der Waals surface area contributed by atoms with Gasteiger partial charge in [0.15, 0.2) is 0 Å². The molecule has 0 spiro atoms. The van der Waals surface area contributed by atoms with E-state index in [9.17, 15) is 4.79 Å². The van der Waals surface area contributed by atoms with E-state index in [4.69, 9.17) is 16.6 Å². The molecular weight excluding hydrogens is 184 g/mol. The van der Waals surface area contributed by atoms with Crippen LogP contribution in [0.3, 0.4) is 0 Å². The standard InChI is InChI=1S/C8H18N4O2/c9-5(7-11-3-4-12-7)1-2-6(10)8(13)14/h5-7,11-12H,1-4,9-10H2,(H,13,14)/t5?,6-/m0/s1. The second-order valence-electron chi connectivity index (χ2n) is 3.57. The molecule has 1 fully saturated rings. The van der Waals surface area contributed by atoms with E-state index in [-0.39, 0.29) is 12.2 Å². The molecule has 0 aliphatic carbocycles. The fraction of sp³-hybridized carbons (Fsp3) is 0.875. The predicted molar refractivity (Wildman–Crippen MR) is 52.6 cm³/mol. The molecule has 0 amide bonds. The molecule has 0 aromatic rings. The first-order chi connectivity index (χ1) is 6.61. The average Bonchev–Trinajstić information content (AvgIpc) is 2.66. The van der Waals surface area contributed by atoms with Crippen molar-refractivity contribution in [2.45, 2.75) is 31.1 Å². The van der Waals surface area contributed by atoms with Crippen LogP contribution in [0.25, 0.3) is 0 Å². The van der Waals surface area contributed by atoms with E-state index < -0.39 is 12.0 Å². The van der Waals surface area contributed by atoms with Crippen molar-refractivity contribution in [2.75, 3.05) is 13.1 Å². The molecular formula is C8H18N4O2. The first-order valence-corrected chi connectivity index (χ1v) is 4.82. The van der Waals surface area contributed by atoms with Crippen LogP contribution < -0.4 is 22.1 Å². The molecule has 2 atom stereocenters. The molecule has 0 radical (unpaired) electrons. The van der Waals surface area contributed by atoms with E-state index in [0.29, 0.717) is 12.8 Å². The van der Waals surface area contributed by atoms with Gasteiger partial charge in [-0.25, -0.2) is 0 Å². The highest BCUT2D eigenvalue weighted by Crippen LogP contribution is 2.03. The van der Waals surface area contributed by atoms with Gasteiger partial charge in [-0.15, -0.1) is 0 Å². The topological polar surface area (TPSA) is 113 Å². The van der Waals surface area contributed by atoms with Gasteiger partial charge in [-0.1, -0.05) is 0 Å². The molecule has 1 heterocycles. The second kappa shape index (κ2) is 5.26. The number of nitrogens with two attached hydrogens (primary N) is 2. The van der Waals surface area contributed by atoms with Crippen LogP contribution in [0.4, 0.5) is 0 Å². The largest absolute Gasteiger partial charge is 0.480 e. The van der Waals surface area contributed by atoms with E-state index in [0.717, 1.165) is 13.1 Å². The Labute approximate surface area is 83.0 Å². The quantitative estimate of drug-likeness (QED) is 0.353. The summed E-state index contributed by atoms with van der Waals surface area (Å²) in [5, 5.41) is 14.9. The van der Waals surface area contributed by atoms with Crippen molar-refractivity contribution in [1.29, 1.82) is 0 Å². The van der Waals surface area contributed by atoms with E-state index in [1.54, 1.807) is 0 Å². The zero-order valence-electron chi connectivity index (χ0n) is 8.07. The molecule has 7 N–H and O–H groups in total. The highest BCUT2D eigenvalue weighted by Gasteiger charge is 2.22. The molecule has 0 aromatic heterocycles. The number of rotatable bonds is 5. The number of aliphatic carboxylic acids is 1. The molecule has 1 rings (SSSR count). The van der Waals surface area contributed by atoms with Gasteiger partial charge in [0.05, 0.1) is 6.17 Å². The summed E-state index contributed by atoms with van der Waals surface area (Å²) >= 11 is 0. The van der Waals surface area contributed by atoms with Crippen molar-refractivity contribution in [2.24, 2.45) is 11.5 Å². The Bertz CT molecular complexity index is 194. The highest BCUT2D eigenvalue weighted by atomic mass is 16.4. The van der Waals surface area contributed by atoms with Gasteiger partial charge in [0.2, 0.25) is 0 Å². The van der Waals surface area contributed by atoms with Crippen molar-refractivity contribution in [3.63, 3.8) is 0 Å². The normalized spacial score (nSPS) is 22.1. The fourth-order valence-electron chi connectivity index (χ4n) is 1.49. The summed E-state index contributed by atoms with van der Waals surface area (Å²) in [5.41, 5.74) is 11.2. The number of nitrogens with one attached hydrogen (secondary N) is 2. The molecule has 1 unspecified atom stereocenters. The van der Waals surface area contributed by atoms with Gasteiger partial charge in [0, 0.05) is 19.1 Å². The van der Waals surface area contributed by atoms with E-state index in [2.05, 4.69) is 10.6 Å². The first kappa shape index (κ1) is 11.4. The molecule has 0 saturated carbocycles. The summed E-state index contributed by atoms with van der Waals surface area (Å²) in [6.45, 7) is 1.81. The first-order valence-electron chi connectivity index (χ1n) is 4.82. The molecule has 6 nitrogen and oxygen atoms in total. The summed E-state index contributed by atoms with van der Waals surface area (Å²) in [5.74, 6) is -0.968. The van der Waals surface area contributed by atoms with Crippen LogP contribution in [0.1, 0.15) is 12.8 Å². The number of hydrogen-bond donors (Lipinski definition) is 5. The fourth-order valence-corrected chi connectivity index (χ4v) is 1.49. The van der Waals surface area contributed by atoms with Crippen LogP contribution in [-0.4, -0.2) is 42.4 Å². The molecule has 1 aliphatic heterocycles. The van der Waals surface area contributed by atoms with Crippen molar-refractivity contribution >= 4 is 5.97 Å². The van der Waals surface area contributed by atoms with E-state index in [1.807, 2.05) is 0 Å². The van der Waals surface area contributed by atoms with Crippen molar-refractivity contribution in [3.05, 3.63) is 0 Å². The summed E-state index contributed by atoms with van der Waals surface area (Å²) in [6, 6.07) is -0.884. The van der Waals surface area contributed by atoms with Crippen LogP contribution in [0, 0.1) is 0 Å². The summed E-state index contributed by atoms with van der Waals surface area (Å²) in [7, 11) is 0. The third-order valence-corrected chi connectivity index (χ3v) is 2.41. The van der Waals surface area contributed by atoms with E-state index in [1.165, 1.54) is 0 Å². The molecule has 6 heteroatoms. The molecule has 82 valence electrons. The van der Waals surface area contributed by atoms with Crippen molar-refractivity contribution in [3.8, 4) is 0 Å². The molecule has 14 heavy (non-hydrogen) atoms. The number of carboxylic acid groups (broad SMARTS) is 1. The Balaban J connectivity index is 2.19. The number of hydrogen-bond acceptors (Lipinski definition) is 5. The Kier molecular flexibility index (Phi) is 4.27. The van der Waals surface area contributed by atoms with Crippen molar-refractivity contribution < 1.29 is 9.90 Å². The minimum absolute atomic E-state index is 0.0806. The lowest BCUT2D eigenvalue weighted by atomic mass is 10.1. The van der Waals surface area contributed by atoms with Gasteiger partial charge in [-0.05, 0) is 12.8 Å². The smallest absolute Gasteiger partial charge is 0.320 e. The SMILES string of the molecule is NC(CC[C@H](N)C(=O)O)C1NCCN1. The third-order valence-electron chi connectivity index (χ3n) is 2.41. The summed E-state index contributed by atoms with van der Waals surface area (Å²) < 4.78 is 0. The molecule has 1 saturated heterocycles. The number of carboxylic acids is 1. The summed E-state index contributed by atoms with van der Waals surface area (Å²) in [4.78, 5) is 10.4. The Hall–Kier alpha value is -0.690. The third kappa shape index (κ3) is 3.22. The minimum atomic E-state index is -0.968. The second-order valence-corrected chi connectivity index (χ2v) is 3.57. The van der Waals surface area contributed by atoms with Gasteiger partial charge in [0.1, 0.15) is 6.04 Å². The lowest BCUT2D eigenvalue weighted by molar-refractivity contribution is -0.138. The van der Waals surface area contributed by atoms with Crippen molar-refractivity contribution in [1.82, 2.24) is 10.6 Å². The maximum Gasteiger partial charge on any atom is 0.320 e. The van der Waals surface area contributed by atoms with Crippen LogP contribution in [0.15, 0.2) is 0 Å². The van der Waals surface area contributed by atoms with Gasteiger partial charge in [0.25, 0.3) is 0 Å². The maximum atomic E-state index is 10.4. The Morgan fingerprint density at radius 1 is 1.36 bits per heavy atom. The predicted octanol–water partition coefficient (Wildman–Crippen LogP) is -1.98. The number of carbonyl (C=O) groups is 1. The monoisotopic (exact) mass is 202 g/mol. The lowest BCUT2D eigenvalue weighted by Crippen LogP contribution is -2.48. The molecule has 0 bridgehead atoms. The van der Waals surface area contributed by atoms with Crippen LogP contribution in [0.5, 0.6) is 0 Å². The van der Waals surface area contributed by atoms with Gasteiger partial charge >= 0.3 is 5.97 Å². The van der Waals surface area contributed by atoms with E-state index >= 15 is 0 Å². The van der Waals surface area contributed by atoms with Crippen LogP contribution in [0.2, 0.25) is 0 Å². The minimum Gasteiger partial charge on any atom is -0.480 e.